The molecule has 6 heteroatoms. The van der Waals surface area contributed by atoms with Crippen LogP contribution in [0, 0.1) is 5.82 Å². The molecule has 1 rings (SSSR count). The summed E-state index contributed by atoms with van der Waals surface area (Å²) in [6, 6.07) is 2.87. The summed E-state index contributed by atoms with van der Waals surface area (Å²) in [6.45, 7) is 9.17. The van der Waals surface area contributed by atoms with Gasteiger partial charge in [0, 0.05) is 18.3 Å². The van der Waals surface area contributed by atoms with E-state index >= 15 is 0 Å². The van der Waals surface area contributed by atoms with Crippen molar-refractivity contribution >= 4 is 12.3 Å². The Morgan fingerprint density at radius 2 is 1.35 bits per heavy atom. The van der Waals surface area contributed by atoms with Crippen LogP contribution in [0.4, 0.5) is 4.39 Å². The number of pyridine rings is 1. The second-order valence-electron chi connectivity index (χ2n) is 5.60. The molecule has 0 N–H and O–H groups in total. The van der Waals surface area contributed by atoms with Gasteiger partial charge in [0.1, 0.15) is 5.82 Å². The standard InChI is InChI=1S/C14H24BFNO3/c1-10(2)18-15(19-11(3)4,20-12(5)6)14-8-7-13(16)9-17-14/h7-12H,1-6H3/q-1. The third kappa shape index (κ3) is 4.85. The largest absolute Gasteiger partial charge is 0.538 e. The molecule has 0 aliphatic heterocycles. The maximum atomic E-state index is 13.1. The summed E-state index contributed by atoms with van der Waals surface area (Å²) in [4.78, 5) is 4.09. The van der Waals surface area contributed by atoms with E-state index in [9.17, 15) is 4.39 Å². The number of halogens is 1. The lowest BCUT2D eigenvalue weighted by Gasteiger charge is -2.45. The molecule has 0 spiro atoms. The highest BCUT2D eigenvalue weighted by molar-refractivity contribution is 6.74. The molecule has 0 radical (unpaired) electrons. The van der Waals surface area contributed by atoms with E-state index in [2.05, 4.69) is 4.98 Å². The van der Waals surface area contributed by atoms with E-state index in [1.165, 1.54) is 6.07 Å². The highest BCUT2D eigenvalue weighted by atomic mass is 19.1. The normalized spacial score (nSPS) is 12.7. The predicted molar refractivity (Wildman–Crippen MR) is 78.2 cm³/mol. The first-order chi connectivity index (χ1) is 9.25. The minimum atomic E-state index is -2.21. The maximum absolute atomic E-state index is 13.1. The van der Waals surface area contributed by atoms with Crippen molar-refractivity contribution < 1.29 is 18.4 Å². The number of rotatable bonds is 7. The Labute approximate surface area is 120 Å². The minimum absolute atomic E-state index is 0.112. The lowest BCUT2D eigenvalue weighted by Crippen LogP contribution is -2.61. The van der Waals surface area contributed by atoms with Gasteiger partial charge < -0.3 is 14.0 Å². The summed E-state index contributed by atoms with van der Waals surface area (Å²) >= 11 is 0. The first-order valence-corrected chi connectivity index (χ1v) is 7.04. The molecule has 0 saturated heterocycles. The van der Waals surface area contributed by atoms with Crippen molar-refractivity contribution in [3.8, 4) is 0 Å². The Morgan fingerprint density at radius 1 is 0.900 bits per heavy atom. The van der Waals surface area contributed by atoms with Crippen LogP contribution in [-0.4, -0.2) is 30.1 Å². The minimum Gasteiger partial charge on any atom is -0.538 e. The average molecular weight is 284 g/mol. The molecular formula is C14H24BFNO3-. The molecule has 0 bridgehead atoms. The number of hydrogen-bond acceptors (Lipinski definition) is 4. The van der Waals surface area contributed by atoms with Crippen molar-refractivity contribution in [1.29, 1.82) is 0 Å². The van der Waals surface area contributed by atoms with Gasteiger partial charge in [-0.15, -0.1) is 0 Å². The summed E-state index contributed by atoms with van der Waals surface area (Å²) < 4.78 is 30.8. The van der Waals surface area contributed by atoms with Crippen molar-refractivity contribution in [2.45, 2.75) is 59.9 Å². The van der Waals surface area contributed by atoms with Gasteiger partial charge in [0.05, 0.1) is 6.20 Å². The van der Waals surface area contributed by atoms with Crippen LogP contribution in [-0.2, 0) is 14.0 Å². The van der Waals surface area contributed by atoms with E-state index in [4.69, 9.17) is 14.0 Å². The van der Waals surface area contributed by atoms with Gasteiger partial charge in [-0.05, 0) is 53.2 Å². The average Bonchev–Trinajstić information content (AvgIpc) is 2.26. The third-order valence-electron chi connectivity index (χ3n) is 2.47. The first-order valence-electron chi connectivity index (χ1n) is 7.04. The van der Waals surface area contributed by atoms with Gasteiger partial charge in [-0.1, -0.05) is 6.07 Å². The Kier molecular flexibility index (Phi) is 6.11. The third-order valence-corrected chi connectivity index (χ3v) is 2.47. The fourth-order valence-corrected chi connectivity index (χ4v) is 1.98. The summed E-state index contributed by atoms with van der Waals surface area (Å²) in [5.74, 6) is -0.405. The number of hydrogen-bond donors (Lipinski definition) is 0. The number of nitrogens with zero attached hydrogens (tertiary/aromatic N) is 1. The molecule has 1 aromatic rings. The molecule has 1 aromatic heterocycles. The second-order valence-corrected chi connectivity index (χ2v) is 5.60. The van der Waals surface area contributed by atoms with Gasteiger partial charge in [0.15, 0.2) is 0 Å². The van der Waals surface area contributed by atoms with Crippen LogP contribution in [0.15, 0.2) is 18.3 Å². The van der Waals surface area contributed by atoms with E-state index in [-0.39, 0.29) is 18.3 Å². The van der Waals surface area contributed by atoms with Crippen molar-refractivity contribution in [2.75, 3.05) is 0 Å². The van der Waals surface area contributed by atoms with Crippen LogP contribution in [0.1, 0.15) is 41.5 Å². The van der Waals surface area contributed by atoms with Crippen LogP contribution in [0.2, 0.25) is 0 Å². The molecular weight excluding hydrogens is 260 g/mol. The van der Waals surface area contributed by atoms with E-state index in [1.807, 2.05) is 41.5 Å². The Bertz CT molecular complexity index is 383. The van der Waals surface area contributed by atoms with E-state index < -0.39 is 12.6 Å². The molecule has 0 aliphatic carbocycles. The molecule has 0 unspecified atom stereocenters. The van der Waals surface area contributed by atoms with Crippen LogP contribution >= 0.6 is 0 Å². The Balaban J connectivity index is 3.22. The summed E-state index contributed by atoms with van der Waals surface area (Å²) in [5, 5.41) is 0. The van der Waals surface area contributed by atoms with Gasteiger partial charge in [-0.2, -0.15) is 0 Å². The van der Waals surface area contributed by atoms with Crippen LogP contribution < -0.4 is 5.59 Å². The Morgan fingerprint density at radius 3 is 1.65 bits per heavy atom. The van der Waals surface area contributed by atoms with Crippen molar-refractivity contribution in [3.63, 3.8) is 0 Å². The fourth-order valence-electron chi connectivity index (χ4n) is 1.98. The van der Waals surface area contributed by atoms with Gasteiger partial charge in [-0.25, -0.2) is 4.39 Å². The van der Waals surface area contributed by atoms with Gasteiger partial charge >= 0.3 is 6.75 Å². The zero-order chi connectivity index (χ0) is 15.3. The van der Waals surface area contributed by atoms with Crippen molar-refractivity contribution in [1.82, 2.24) is 4.98 Å². The molecule has 0 saturated carbocycles. The maximum Gasteiger partial charge on any atom is 0.428 e. The summed E-state index contributed by atoms with van der Waals surface area (Å²) in [7, 11) is 0. The molecule has 1 heterocycles. The highest BCUT2D eigenvalue weighted by Gasteiger charge is 2.36. The smallest absolute Gasteiger partial charge is 0.428 e. The summed E-state index contributed by atoms with van der Waals surface area (Å²) in [5.41, 5.74) is 0.461. The Hall–Kier alpha value is -0.975. The SMILES string of the molecule is CC(C)O[B-](OC(C)C)(OC(C)C)c1ccc(F)cn1. The topological polar surface area (TPSA) is 40.6 Å². The van der Waals surface area contributed by atoms with Crippen molar-refractivity contribution in [2.24, 2.45) is 0 Å². The molecule has 0 aromatic carbocycles. The van der Waals surface area contributed by atoms with E-state index in [0.717, 1.165) is 6.20 Å². The predicted octanol–water partition coefficient (Wildman–Crippen LogP) is 2.64. The molecule has 4 nitrogen and oxygen atoms in total. The van der Waals surface area contributed by atoms with Gasteiger partial charge in [0.2, 0.25) is 0 Å². The lowest BCUT2D eigenvalue weighted by atomic mass is 9.71. The first kappa shape index (κ1) is 17.1. The zero-order valence-corrected chi connectivity index (χ0v) is 13.1. The van der Waals surface area contributed by atoms with Crippen LogP contribution in [0.25, 0.3) is 0 Å². The van der Waals surface area contributed by atoms with E-state index in [0.29, 0.717) is 5.59 Å². The summed E-state index contributed by atoms with van der Waals surface area (Å²) in [6.07, 6.45) is 0.807. The second kappa shape index (κ2) is 7.15. The van der Waals surface area contributed by atoms with Gasteiger partial charge in [-0.3, -0.25) is 4.98 Å². The molecule has 0 amide bonds. The zero-order valence-electron chi connectivity index (χ0n) is 13.1. The van der Waals surface area contributed by atoms with E-state index in [1.54, 1.807) is 6.07 Å². The van der Waals surface area contributed by atoms with Gasteiger partial charge in [0.25, 0.3) is 0 Å². The van der Waals surface area contributed by atoms with Crippen LogP contribution in [0.3, 0.4) is 0 Å². The molecule has 20 heavy (non-hydrogen) atoms. The fraction of sp³-hybridized carbons (Fsp3) is 0.643. The number of aromatic nitrogens is 1. The quantitative estimate of drug-likeness (QED) is 0.722. The molecule has 0 atom stereocenters. The molecule has 114 valence electrons. The molecule has 0 aliphatic rings. The highest BCUT2D eigenvalue weighted by Crippen LogP contribution is 2.17. The monoisotopic (exact) mass is 284 g/mol. The lowest BCUT2D eigenvalue weighted by molar-refractivity contribution is 0.0146. The molecule has 0 fully saturated rings. The van der Waals surface area contributed by atoms with Crippen molar-refractivity contribution in [3.05, 3.63) is 24.1 Å². The van der Waals surface area contributed by atoms with Crippen LogP contribution in [0.5, 0.6) is 0 Å².